The first-order chi connectivity index (χ1) is 11.8. The van der Waals surface area contributed by atoms with Crippen molar-refractivity contribution in [1.29, 1.82) is 0 Å². The molecule has 3 heteroatoms. The second kappa shape index (κ2) is 11.2. The molecule has 134 valence electrons. The maximum atomic E-state index is 12.5. The van der Waals surface area contributed by atoms with Crippen LogP contribution in [0.15, 0.2) is 30.3 Å². The molecule has 0 spiro atoms. The molecule has 1 aliphatic carbocycles. The molecule has 1 saturated carbocycles. The van der Waals surface area contributed by atoms with Crippen LogP contribution < -0.4 is 5.32 Å². The third kappa shape index (κ3) is 7.04. The minimum absolute atomic E-state index is 0.0736. The van der Waals surface area contributed by atoms with E-state index in [1.165, 1.54) is 50.5 Å². The van der Waals surface area contributed by atoms with Gasteiger partial charge in [0.1, 0.15) is 12.1 Å². The fraction of sp³-hybridized carbons (Fsp3) is 0.667. The Bertz CT molecular complexity index is 450. The fourth-order valence-corrected chi connectivity index (χ4v) is 3.47. The van der Waals surface area contributed by atoms with Gasteiger partial charge in [-0.3, -0.25) is 4.79 Å². The van der Waals surface area contributed by atoms with E-state index in [2.05, 4.69) is 17.4 Å². The molecule has 0 heterocycles. The highest BCUT2D eigenvalue weighted by Gasteiger charge is 2.22. The van der Waals surface area contributed by atoms with Gasteiger partial charge in [-0.1, -0.05) is 62.4 Å². The zero-order valence-electron chi connectivity index (χ0n) is 15.1. The van der Waals surface area contributed by atoms with Gasteiger partial charge < -0.3 is 10.1 Å². The maximum Gasteiger partial charge on any atom is 0.323 e. The molecule has 1 atom stereocenters. The van der Waals surface area contributed by atoms with Crippen molar-refractivity contribution in [3.05, 3.63) is 35.9 Å². The Labute approximate surface area is 147 Å². The van der Waals surface area contributed by atoms with Crippen LogP contribution in [0.5, 0.6) is 0 Å². The Kier molecular flexibility index (Phi) is 8.90. The number of hydrogen-bond donors (Lipinski definition) is 1. The lowest BCUT2D eigenvalue weighted by atomic mass is 9.99. The fourth-order valence-electron chi connectivity index (χ4n) is 3.47. The van der Waals surface area contributed by atoms with E-state index in [0.717, 1.165) is 25.7 Å². The van der Waals surface area contributed by atoms with E-state index in [1.54, 1.807) is 0 Å². The number of nitrogens with one attached hydrogen (secondary N) is 1. The molecule has 0 unspecified atom stereocenters. The Morgan fingerprint density at radius 2 is 1.62 bits per heavy atom. The van der Waals surface area contributed by atoms with Crippen LogP contribution in [-0.2, 0) is 16.0 Å². The molecule has 24 heavy (non-hydrogen) atoms. The highest BCUT2D eigenvalue weighted by atomic mass is 16.5. The summed E-state index contributed by atoms with van der Waals surface area (Å²) in [5.74, 6) is -0.0736. The summed E-state index contributed by atoms with van der Waals surface area (Å²) >= 11 is 0. The normalized spacial score (nSPS) is 18.7. The first-order valence-electron chi connectivity index (χ1n) is 9.71. The summed E-state index contributed by atoms with van der Waals surface area (Å²) in [4.78, 5) is 12.5. The van der Waals surface area contributed by atoms with Gasteiger partial charge in [0.15, 0.2) is 0 Å². The van der Waals surface area contributed by atoms with E-state index in [4.69, 9.17) is 4.74 Å². The molecule has 1 aromatic carbocycles. The van der Waals surface area contributed by atoms with Crippen LogP contribution in [-0.4, -0.2) is 25.2 Å². The smallest absolute Gasteiger partial charge is 0.323 e. The van der Waals surface area contributed by atoms with E-state index in [1.807, 2.05) is 25.2 Å². The van der Waals surface area contributed by atoms with Crippen molar-refractivity contribution < 1.29 is 9.53 Å². The van der Waals surface area contributed by atoms with Crippen molar-refractivity contribution >= 4 is 5.97 Å². The van der Waals surface area contributed by atoms with Crippen molar-refractivity contribution in [2.24, 2.45) is 0 Å². The molecular formula is C21H33NO2. The monoisotopic (exact) mass is 331 g/mol. The molecule has 2 rings (SSSR count). The molecule has 3 nitrogen and oxygen atoms in total. The van der Waals surface area contributed by atoms with Gasteiger partial charge in [0.25, 0.3) is 0 Å². The van der Waals surface area contributed by atoms with Crippen LogP contribution >= 0.6 is 0 Å². The molecule has 0 aliphatic heterocycles. The number of esters is 1. The first kappa shape index (κ1) is 19.0. The largest absolute Gasteiger partial charge is 0.461 e. The topological polar surface area (TPSA) is 38.3 Å². The quantitative estimate of drug-likeness (QED) is 0.772. The van der Waals surface area contributed by atoms with Crippen LogP contribution in [0.4, 0.5) is 0 Å². The summed E-state index contributed by atoms with van der Waals surface area (Å²) < 4.78 is 5.86. The Morgan fingerprint density at radius 1 is 1.04 bits per heavy atom. The van der Waals surface area contributed by atoms with Crippen LogP contribution in [0.1, 0.15) is 69.8 Å². The molecular weight excluding hydrogens is 298 g/mol. The predicted molar refractivity (Wildman–Crippen MR) is 99.0 cm³/mol. The number of benzene rings is 1. The molecule has 0 radical (unpaired) electrons. The van der Waals surface area contributed by atoms with Crippen molar-refractivity contribution in [1.82, 2.24) is 5.32 Å². The lowest BCUT2D eigenvalue weighted by Crippen LogP contribution is -2.38. The number of ether oxygens (including phenoxy) is 1. The SMILES string of the molecule is CN[C@@H](CCc1ccccc1)C(=O)OC1CCCCCCCCC1. The second-order valence-corrected chi connectivity index (χ2v) is 6.98. The summed E-state index contributed by atoms with van der Waals surface area (Å²) in [6, 6.07) is 10.1. The standard InChI is InChI=1S/C21H33NO2/c1-22-20(17-16-18-12-8-7-9-13-18)21(23)24-19-14-10-5-3-2-4-6-11-15-19/h7-9,12-13,19-20,22H,2-6,10-11,14-17H2,1H3/t20-/m0/s1. The van der Waals surface area contributed by atoms with Gasteiger partial charge in [-0.2, -0.15) is 0 Å². The average molecular weight is 332 g/mol. The number of rotatable bonds is 6. The van der Waals surface area contributed by atoms with Gasteiger partial charge in [0, 0.05) is 0 Å². The highest BCUT2D eigenvalue weighted by molar-refractivity contribution is 5.75. The van der Waals surface area contributed by atoms with Crippen molar-refractivity contribution in [3.8, 4) is 0 Å². The minimum Gasteiger partial charge on any atom is -0.461 e. The van der Waals surface area contributed by atoms with Gasteiger partial charge in [-0.25, -0.2) is 0 Å². The van der Waals surface area contributed by atoms with E-state index >= 15 is 0 Å². The van der Waals surface area contributed by atoms with Gasteiger partial charge >= 0.3 is 5.97 Å². The predicted octanol–water partition coefficient (Wildman–Crippen LogP) is 4.64. The van der Waals surface area contributed by atoms with E-state index in [-0.39, 0.29) is 18.1 Å². The molecule has 1 aliphatic rings. The van der Waals surface area contributed by atoms with Crippen LogP contribution in [0.2, 0.25) is 0 Å². The van der Waals surface area contributed by atoms with Crippen LogP contribution in [0.3, 0.4) is 0 Å². The molecule has 0 bridgehead atoms. The Balaban J connectivity index is 1.80. The summed E-state index contributed by atoms with van der Waals surface area (Å²) in [6.07, 6.45) is 12.8. The summed E-state index contributed by atoms with van der Waals surface area (Å²) in [5, 5.41) is 3.14. The number of aryl methyl sites for hydroxylation is 1. The minimum atomic E-state index is -0.208. The average Bonchev–Trinajstić information content (AvgIpc) is 2.62. The molecule has 1 aromatic rings. The van der Waals surface area contributed by atoms with Crippen molar-refractivity contribution in [3.63, 3.8) is 0 Å². The Hall–Kier alpha value is -1.35. The highest BCUT2D eigenvalue weighted by Crippen LogP contribution is 2.20. The second-order valence-electron chi connectivity index (χ2n) is 6.98. The van der Waals surface area contributed by atoms with Gasteiger partial charge in [-0.05, 0) is 51.1 Å². The third-order valence-electron chi connectivity index (χ3n) is 5.03. The summed E-state index contributed by atoms with van der Waals surface area (Å²) in [6.45, 7) is 0. The molecule has 0 saturated heterocycles. The number of carbonyl (C=O) groups is 1. The third-order valence-corrected chi connectivity index (χ3v) is 5.03. The molecule has 1 N–H and O–H groups in total. The zero-order chi connectivity index (χ0) is 17.0. The summed E-state index contributed by atoms with van der Waals surface area (Å²) in [5.41, 5.74) is 1.27. The van der Waals surface area contributed by atoms with Crippen molar-refractivity contribution in [2.45, 2.75) is 82.8 Å². The lowest BCUT2D eigenvalue weighted by Gasteiger charge is -2.22. The van der Waals surface area contributed by atoms with Crippen molar-refractivity contribution in [2.75, 3.05) is 7.05 Å². The first-order valence-corrected chi connectivity index (χ1v) is 9.71. The van der Waals surface area contributed by atoms with E-state index in [9.17, 15) is 4.79 Å². The van der Waals surface area contributed by atoms with Gasteiger partial charge in [0.2, 0.25) is 0 Å². The van der Waals surface area contributed by atoms with Crippen LogP contribution in [0.25, 0.3) is 0 Å². The number of carbonyl (C=O) groups excluding carboxylic acids is 1. The lowest BCUT2D eigenvalue weighted by molar-refractivity contribution is -0.152. The number of hydrogen-bond acceptors (Lipinski definition) is 3. The van der Waals surface area contributed by atoms with Gasteiger partial charge in [-0.15, -0.1) is 0 Å². The zero-order valence-corrected chi connectivity index (χ0v) is 15.1. The maximum absolute atomic E-state index is 12.5. The Morgan fingerprint density at radius 3 is 2.21 bits per heavy atom. The van der Waals surface area contributed by atoms with Crippen LogP contribution in [0, 0.1) is 0 Å². The summed E-state index contributed by atoms with van der Waals surface area (Å²) in [7, 11) is 1.85. The number of likely N-dealkylation sites (N-methyl/N-ethyl adjacent to an activating group) is 1. The molecule has 1 fully saturated rings. The van der Waals surface area contributed by atoms with E-state index in [0.29, 0.717) is 0 Å². The van der Waals surface area contributed by atoms with Gasteiger partial charge in [0.05, 0.1) is 0 Å². The molecule has 0 amide bonds. The molecule has 0 aromatic heterocycles. The van der Waals surface area contributed by atoms with E-state index < -0.39 is 0 Å².